The summed E-state index contributed by atoms with van der Waals surface area (Å²) in [5, 5.41) is 33.4. The van der Waals surface area contributed by atoms with E-state index in [1.54, 1.807) is 23.1 Å². The molecular formula is C27H36N2O8. The zero-order valence-electron chi connectivity index (χ0n) is 21.5. The number of carbonyl (C=O) groups is 2. The molecular weight excluding hydrogens is 480 g/mol. The molecule has 2 amide bonds. The van der Waals surface area contributed by atoms with Crippen molar-refractivity contribution in [3.63, 3.8) is 0 Å². The third-order valence-corrected chi connectivity index (χ3v) is 6.97. The van der Waals surface area contributed by atoms with E-state index in [9.17, 15) is 24.9 Å². The highest BCUT2D eigenvalue weighted by atomic mass is 16.5. The number of rotatable bonds is 9. The predicted molar refractivity (Wildman–Crippen MR) is 134 cm³/mol. The standard InChI is InChI=1S/C27H36N2O8/c1-15(2)9-22(32)29(13-17-5-4-8-36-17)20-12-19(27(34)28-6-7-30)23-18-10-16(14-31)11-21(35-3)25(18)37-26(23)24(20)33/h9-12,17,20,23-24,26,30-31,33H,4-8,13-14H2,1-3H3,(H,28,34). The second-order valence-electron chi connectivity index (χ2n) is 9.86. The van der Waals surface area contributed by atoms with Crippen molar-refractivity contribution in [3.05, 3.63) is 46.6 Å². The number of nitrogens with one attached hydrogen (secondary N) is 1. The minimum Gasteiger partial charge on any atom is -0.493 e. The van der Waals surface area contributed by atoms with Gasteiger partial charge in [0.25, 0.3) is 0 Å². The van der Waals surface area contributed by atoms with Gasteiger partial charge in [-0.25, -0.2) is 0 Å². The molecule has 1 aliphatic carbocycles. The van der Waals surface area contributed by atoms with Crippen LogP contribution in [0.3, 0.4) is 0 Å². The average molecular weight is 517 g/mol. The van der Waals surface area contributed by atoms with Crippen LogP contribution in [0.25, 0.3) is 0 Å². The Kier molecular flexibility index (Phi) is 8.53. The third kappa shape index (κ3) is 5.52. The van der Waals surface area contributed by atoms with Crippen LogP contribution in [0.4, 0.5) is 0 Å². The summed E-state index contributed by atoms with van der Waals surface area (Å²) in [6, 6.07) is 2.53. The number of carbonyl (C=O) groups excluding carboxylic acids is 2. The van der Waals surface area contributed by atoms with Gasteiger partial charge < -0.3 is 39.7 Å². The van der Waals surface area contributed by atoms with Crippen molar-refractivity contribution in [1.29, 1.82) is 0 Å². The van der Waals surface area contributed by atoms with E-state index >= 15 is 0 Å². The fraction of sp³-hybridized carbons (Fsp3) is 0.556. The minimum absolute atomic E-state index is 0.0464. The van der Waals surface area contributed by atoms with E-state index in [0.717, 1.165) is 18.4 Å². The molecule has 1 saturated heterocycles. The van der Waals surface area contributed by atoms with Crippen LogP contribution in [0.2, 0.25) is 0 Å². The first-order chi connectivity index (χ1) is 17.8. The Labute approximate surface area is 216 Å². The van der Waals surface area contributed by atoms with E-state index < -0.39 is 30.1 Å². The Hall–Kier alpha value is -2.92. The van der Waals surface area contributed by atoms with Crippen LogP contribution >= 0.6 is 0 Å². The van der Waals surface area contributed by atoms with Crippen molar-refractivity contribution >= 4 is 11.8 Å². The summed E-state index contributed by atoms with van der Waals surface area (Å²) in [6.45, 7) is 4.08. The number of hydrogen-bond donors (Lipinski definition) is 4. The first kappa shape index (κ1) is 27.1. The fourth-order valence-corrected chi connectivity index (χ4v) is 5.32. The van der Waals surface area contributed by atoms with Gasteiger partial charge in [0.15, 0.2) is 11.5 Å². The molecule has 5 unspecified atom stereocenters. The van der Waals surface area contributed by atoms with Crippen molar-refractivity contribution < 1.29 is 39.1 Å². The van der Waals surface area contributed by atoms with Crippen LogP contribution in [-0.4, -0.2) is 89.8 Å². The highest BCUT2D eigenvalue weighted by Gasteiger charge is 2.51. The van der Waals surface area contributed by atoms with Crippen molar-refractivity contribution in [2.75, 3.05) is 33.4 Å². The predicted octanol–water partition coefficient (Wildman–Crippen LogP) is 0.784. The number of amides is 2. The molecule has 10 nitrogen and oxygen atoms in total. The molecule has 37 heavy (non-hydrogen) atoms. The molecule has 0 spiro atoms. The van der Waals surface area contributed by atoms with Gasteiger partial charge in [-0.3, -0.25) is 9.59 Å². The Balaban J connectivity index is 1.80. The number of benzene rings is 1. The zero-order valence-corrected chi connectivity index (χ0v) is 21.5. The lowest BCUT2D eigenvalue weighted by Crippen LogP contribution is -2.56. The summed E-state index contributed by atoms with van der Waals surface area (Å²) in [6.07, 6.45) is 2.61. The van der Waals surface area contributed by atoms with E-state index in [1.807, 2.05) is 13.8 Å². The van der Waals surface area contributed by atoms with Gasteiger partial charge in [0.05, 0.1) is 38.4 Å². The van der Waals surface area contributed by atoms with Crippen molar-refractivity contribution in [1.82, 2.24) is 10.2 Å². The molecule has 2 heterocycles. The van der Waals surface area contributed by atoms with E-state index in [-0.39, 0.29) is 38.3 Å². The molecule has 5 atom stereocenters. The number of aliphatic hydroxyl groups is 3. The normalized spacial score (nSPS) is 25.9. The number of allylic oxidation sites excluding steroid dienone is 1. The second-order valence-corrected chi connectivity index (χ2v) is 9.86. The van der Waals surface area contributed by atoms with E-state index in [2.05, 4.69) is 5.32 Å². The maximum Gasteiger partial charge on any atom is 0.247 e. The molecule has 1 fully saturated rings. The van der Waals surface area contributed by atoms with Crippen LogP contribution in [-0.2, 0) is 20.9 Å². The van der Waals surface area contributed by atoms with Crippen LogP contribution in [0.15, 0.2) is 35.4 Å². The summed E-state index contributed by atoms with van der Waals surface area (Å²) < 4.78 is 17.5. The molecule has 1 aromatic carbocycles. The molecule has 0 saturated carbocycles. The van der Waals surface area contributed by atoms with Gasteiger partial charge >= 0.3 is 0 Å². The lowest BCUT2D eigenvalue weighted by atomic mass is 9.77. The Bertz CT molecular complexity index is 1070. The molecule has 4 rings (SSSR count). The van der Waals surface area contributed by atoms with Crippen LogP contribution in [0, 0.1) is 0 Å². The number of aliphatic hydroxyl groups excluding tert-OH is 3. The molecule has 202 valence electrons. The SMILES string of the molecule is COc1cc(CO)cc2c1OC1C2C(C(=O)NCCO)=CC(N(CC2CCCO2)C(=O)C=C(C)C)C1O. The number of nitrogens with zero attached hydrogens (tertiary/aromatic N) is 1. The molecule has 0 aromatic heterocycles. The topological polar surface area (TPSA) is 138 Å². The Morgan fingerprint density at radius 3 is 2.68 bits per heavy atom. The van der Waals surface area contributed by atoms with Crippen molar-refractivity contribution in [2.45, 2.75) is 63.6 Å². The first-order valence-corrected chi connectivity index (χ1v) is 12.6. The Morgan fingerprint density at radius 2 is 2.05 bits per heavy atom. The van der Waals surface area contributed by atoms with Gasteiger partial charge in [0.1, 0.15) is 12.2 Å². The monoisotopic (exact) mass is 516 g/mol. The zero-order chi connectivity index (χ0) is 26.7. The summed E-state index contributed by atoms with van der Waals surface area (Å²) in [5.74, 6) is -0.621. The van der Waals surface area contributed by atoms with Gasteiger partial charge in [-0.05, 0) is 50.5 Å². The van der Waals surface area contributed by atoms with E-state index in [0.29, 0.717) is 34.8 Å². The van der Waals surface area contributed by atoms with Crippen molar-refractivity contribution in [2.24, 2.45) is 0 Å². The molecule has 0 bridgehead atoms. The van der Waals surface area contributed by atoms with Crippen LogP contribution in [0.1, 0.15) is 43.7 Å². The molecule has 2 aliphatic heterocycles. The minimum atomic E-state index is -1.16. The first-order valence-electron chi connectivity index (χ1n) is 12.6. The molecule has 4 N–H and O–H groups in total. The van der Waals surface area contributed by atoms with Gasteiger partial charge in [-0.15, -0.1) is 0 Å². The number of ether oxygens (including phenoxy) is 3. The second kappa shape index (κ2) is 11.6. The van der Waals surface area contributed by atoms with Gasteiger partial charge in [-0.1, -0.05) is 5.57 Å². The molecule has 1 aromatic rings. The maximum atomic E-state index is 13.4. The number of fused-ring (bicyclic) bond motifs is 3. The maximum absolute atomic E-state index is 13.4. The summed E-state index contributed by atoms with van der Waals surface area (Å²) in [5.41, 5.74) is 2.30. The summed E-state index contributed by atoms with van der Waals surface area (Å²) >= 11 is 0. The van der Waals surface area contributed by atoms with E-state index in [1.165, 1.54) is 13.2 Å². The van der Waals surface area contributed by atoms with Crippen LogP contribution in [0.5, 0.6) is 11.5 Å². The molecule has 10 heteroatoms. The third-order valence-electron chi connectivity index (χ3n) is 6.97. The molecule has 0 radical (unpaired) electrons. The van der Waals surface area contributed by atoms with Crippen LogP contribution < -0.4 is 14.8 Å². The van der Waals surface area contributed by atoms with Gasteiger partial charge in [0.2, 0.25) is 11.8 Å². The molecule has 3 aliphatic rings. The van der Waals surface area contributed by atoms with Gasteiger partial charge in [0, 0.05) is 36.9 Å². The average Bonchev–Trinajstić information content (AvgIpc) is 3.53. The largest absolute Gasteiger partial charge is 0.493 e. The Morgan fingerprint density at radius 1 is 1.27 bits per heavy atom. The summed E-state index contributed by atoms with van der Waals surface area (Å²) in [4.78, 5) is 28.2. The van der Waals surface area contributed by atoms with E-state index in [4.69, 9.17) is 14.2 Å². The van der Waals surface area contributed by atoms with Crippen molar-refractivity contribution in [3.8, 4) is 11.5 Å². The van der Waals surface area contributed by atoms with Gasteiger partial charge in [-0.2, -0.15) is 0 Å². The number of hydrogen-bond acceptors (Lipinski definition) is 8. The fourth-order valence-electron chi connectivity index (χ4n) is 5.32. The lowest BCUT2D eigenvalue weighted by molar-refractivity contribution is -0.134. The highest BCUT2D eigenvalue weighted by Crippen LogP contribution is 2.51. The summed E-state index contributed by atoms with van der Waals surface area (Å²) in [7, 11) is 1.48. The highest BCUT2D eigenvalue weighted by molar-refractivity contribution is 5.96. The lowest BCUT2D eigenvalue weighted by Gasteiger charge is -2.41. The smallest absolute Gasteiger partial charge is 0.247 e. The number of methoxy groups -OCH3 is 1. The quantitative estimate of drug-likeness (QED) is 0.354.